The Balaban J connectivity index is 0. The number of oxime groups is 1. The predicted molar refractivity (Wildman–Crippen MR) is 24.9 cm³/mol. The normalized spacial score (nSPS) is 6.67. The van der Waals surface area contributed by atoms with Gasteiger partial charge >= 0.3 is 6.16 Å². The Bertz CT molecular complexity index is 120. The van der Waals surface area contributed by atoms with Gasteiger partial charge < -0.3 is 16.6 Å². The van der Waals surface area contributed by atoms with Gasteiger partial charge in [-0.1, -0.05) is 0 Å². The maximum Gasteiger partial charge on any atom is 0.532 e. The van der Waals surface area contributed by atoms with Crippen LogP contribution in [-0.4, -0.2) is 17.2 Å². The Kier molecular flexibility index (Phi) is 6.61. The topological polar surface area (TPSA) is 111 Å². The molecule has 0 heterocycles. The fourth-order valence-electron chi connectivity index (χ4n) is 0.0918. The van der Waals surface area contributed by atoms with Gasteiger partial charge in [-0.3, -0.25) is 4.84 Å². The summed E-state index contributed by atoms with van der Waals surface area (Å²) in [5, 5.41) is 10.4. The van der Waals surface area contributed by atoms with Gasteiger partial charge in [0.2, 0.25) is 5.96 Å². The fourth-order valence-corrected chi connectivity index (χ4v) is 0.0918. The smallest absolute Gasteiger partial charge is 0.448 e. The Labute approximate surface area is 65.1 Å². The van der Waals surface area contributed by atoms with Crippen LogP contribution < -0.4 is 11.5 Å². The van der Waals surface area contributed by atoms with Crippen LogP contribution in [0, 0.1) is 0 Å². The van der Waals surface area contributed by atoms with Gasteiger partial charge in [0.15, 0.2) is 0 Å². The van der Waals surface area contributed by atoms with E-state index in [9.17, 15) is 4.79 Å². The number of nitrogens with zero attached hydrogens (tertiary/aromatic N) is 1. The van der Waals surface area contributed by atoms with Crippen molar-refractivity contribution in [2.75, 3.05) is 0 Å². The quantitative estimate of drug-likeness (QED) is 0.168. The largest absolute Gasteiger partial charge is 0.532 e. The van der Waals surface area contributed by atoms with Crippen LogP contribution in [0.1, 0.15) is 0 Å². The molecule has 0 aliphatic heterocycles. The molecule has 0 amide bonds. The van der Waals surface area contributed by atoms with Crippen molar-refractivity contribution in [1.82, 2.24) is 0 Å². The summed E-state index contributed by atoms with van der Waals surface area (Å²) in [5.74, 6) is -0.424. The van der Waals surface area contributed by atoms with Crippen LogP contribution in [0.25, 0.3) is 0 Å². The third kappa shape index (κ3) is 11.1. The second kappa shape index (κ2) is 5.37. The first-order chi connectivity index (χ1) is 3.63. The number of hydrogen-bond acceptors (Lipinski definition) is 3. The van der Waals surface area contributed by atoms with E-state index in [2.05, 4.69) is 21.5 Å². The summed E-state index contributed by atoms with van der Waals surface area (Å²) in [6, 6.07) is 0. The number of rotatable bonds is 1. The standard InChI is InChI=1S/C2H5N3O3.Mo/c3-1(4)5-8-2(6)7;/h(H,6,7)(H4,3,4,5);. The minimum absolute atomic E-state index is 0. The van der Waals surface area contributed by atoms with Crippen LogP contribution in [-0.2, 0) is 25.9 Å². The summed E-state index contributed by atoms with van der Waals surface area (Å²) in [4.78, 5) is 13.0. The molecule has 0 atom stereocenters. The van der Waals surface area contributed by atoms with Gasteiger partial charge in [0.05, 0.1) is 0 Å². The van der Waals surface area contributed by atoms with E-state index in [1.54, 1.807) is 0 Å². The molecule has 0 radical (unpaired) electrons. The Hall–Kier alpha value is -0.772. The van der Waals surface area contributed by atoms with Crippen LogP contribution in [0.5, 0.6) is 0 Å². The number of nitrogens with two attached hydrogens (primary N) is 2. The molecule has 0 saturated heterocycles. The van der Waals surface area contributed by atoms with Crippen molar-refractivity contribution in [3.05, 3.63) is 0 Å². The Morgan fingerprint density at radius 1 is 1.56 bits per heavy atom. The molecule has 0 unspecified atom stereocenters. The average Bonchev–Trinajstić information content (AvgIpc) is 1.61. The van der Waals surface area contributed by atoms with E-state index in [0.29, 0.717) is 0 Å². The number of hydrogen-bond donors (Lipinski definition) is 3. The van der Waals surface area contributed by atoms with Gasteiger partial charge in [0.1, 0.15) is 0 Å². The van der Waals surface area contributed by atoms with E-state index in [4.69, 9.17) is 5.11 Å². The van der Waals surface area contributed by atoms with Gasteiger partial charge in [0, 0.05) is 21.1 Å². The molecule has 0 aromatic carbocycles. The van der Waals surface area contributed by atoms with Crippen molar-refractivity contribution in [3.63, 3.8) is 0 Å². The molecule has 0 rings (SSSR count). The SMILES string of the molecule is NC(N)=NOC(=O)O.[Mo]. The van der Waals surface area contributed by atoms with E-state index < -0.39 is 12.1 Å². The predicted octanol–water partition coefficient (Wildman–Crippen LogP) is -1.13. The van der Waals surface area contributed by atoms with Gasteiger partial charge in [-0.05, 0) is 5.16 Å². The summed E-state index contributed by atoms with van der Waals surface area (Å²) < 4.78 is 0. The molecule has 0 spiro atoms. The van der Waals surface area contributed by atoms with Crippen LogP contribution in [0.3, 0.4) is 0 Å². The minimum atomic E-state index is -1.54. The molecular weight excluding hydrogens is 210 g/mol. The molecule has 0 aromatic rings. The average molecular weight is 215 g/mol. The Morgan fingerprint density at radius 3 is 2.11 bits per heavy atom. The molecule has 0 fully saturated rings. The third-order valence-electron chi connectivity index (χ3n) is 0.229. The van der Waals surface area contributed by atoms with Gasteiger partial charge in [-0.15, -0.1) is 0 Å². The van der Waals surface area contributed by atoms with E-state index >= 15 is 0 Å². The van der Waals surface area contributed by atoms with Crippen molar-refractivity contribution in [2.24, 2.45) is 16.6 Å². The maximum absolute atomic E-state index is 9.46. The molecule has 0 bridgehead atoms. The molecule has 9 heavy (non-hydrogen) atoms. The summed E-state index contributed by atoms with van der Waals surface area (Å²) in [6.45, 7) is 0. The van der Waals surface area contributed by atoms with Crippen molar-refractivity contribution >= 4 is 12.1 Å². The number of carboxylic acid groups (broad SMARTS) is 1. The summed E-state index contributed by atoms with van der Waals surface area (Å²) in [7, 11) is 0. The minimum Gasteiger partial charge on any atom is -0.448 e. The number of carbonyl (C=O) groups is 1. The summed E-state index contributed by atoms with van der Waals surface area (Å²) >= 11 is 0. The molecule has 52 valence electrons. The third-order valence-corrected chi connectivity index (χ3v) is 0.229. The zero-order valence-electron chi connectivity index (χ0n) is 4.27. The molecule has 6 nitrogen and oxygen atoms in total. The van der Waals surface area contributed by atoms with Crippen molar-refractivity contribution in [3.8, 4) is 0 Å². The van der Waals surface area contributed by atoms with Crippen LogP contribution in [0.15, 0.2) is 5.16 Å². The maximum atomic E-state index is 9.46. The first-order valence-corrected chi connectivity index (χ1v) is 1.62. The fraction of sp³-hybridized carbons (Fsp3) is 0. The van der Waals surface area contributed by atoms with Gasteiger partial charge in [-0.2, -0.15) is 0 Å². The van der Waals surface area contributed by atoms with E-state index in [1.807, 2.05) is 0 Å². The van der Waals surface area contributed by atoms with Crippen LogP contribution >= 0.6 is 0 Å². The molecule has 0 saturated carbocycles. The monoisotopic (exact) mass is 217 g/mol. The van der Waals surface area contributed by atoms with E-state index in [-0.39, 0.29) is 21.1 Å². The molecule has 0 aliphatic carbocycles. The van der Waals surface area contributed by atoms with Crippen LogP contribution in [0.2, 0.25) is 0 Å². The van der Waals surface area contributed by atoms with Crippen LogP contribution in [0.4, 0.5) is 4.79 Å². The molecule has 0 aliphatic rings. The van der Waals surface area contributed by atoms with Gasteiger partial charge in [-0.25, -0.2) is 4.79 Å². The second-order valence-corrected chi connectivity index (χ2v) is 0.873. The van der Waals surface area contributed by atoms with E-state index in [0.717, 1.165) is 0 Å². The van der Waals surface area contributed by atoms with Gasteiger partial charge in [0.25, 0.3) is 0 Å². The summed E-state index contributed by atoms with van der Waals surface area (Å²) in [5.41, 5.74) is 9.36. The Morgan fingerprint density at radius 2 is 2.00 bits per heavy atom. The molecule has 0 aromatic heterocycles. The second-order valence-electron chi connectivity index (χ2n) is 0.873. The molecular formula is C2H5MoN3O3. The molecule has 7 heteroatoms. The first kappa shape index (κ1) is 11.1. The van der Waals surface area contributed by atoms with E-state index in [1.165, 1.54) is 0 Å². The number of guanidine groups is 1. The van der Waals surface area contributed by atoms with Crippen molar-refractivity contribution < 1.29 is 35.8 Å². The zero-order valence-corrected chi connectivity index (χ0v) is 6.28. The first-order valence-electron chi connectivity index (χ1n) is 1.62. The zero-order chi connectivity index (χ0) is 6.57. The summed E-state index contributed by atoms with van der Waals surface area (Å²) in [6.07, 6.45) is -1.54. The van der Waals surface area contributed by atoms with Crippen molar-refractivity contribution in [2.45, 2.75) is 0 Å². The van der Waals surface area contributed by atoms with Crippen molar-refractivity contribution in [1.29, 1.82) is 0 Å². The molecule has 5 N–H and O–H groups in total.